The first-order valence-corrected chi connectivity index (χ1v) is 10.8. The van der Waals surface area contributed by atoms with Crippen LogP contribution in [0.2, 0.25) is 5.02 Å². The first-order chi connectivity index (χ1) is 16.0. The number of nitrogens with two attached hydrogens (primary N) is 1. The maximum Gasteiger partial charge on any atom is 0.573 e. The van der Waals surface area contributed by atoms with Crippen molar-refractivity contribution in [3.8, 4) is 5.75 Å². The van der Waals surface area contributed by atoms with Gasteiger partial charge in [0.25, 0.3) is 5.91 Å². The highest BCUT2D eigenvalue weighted by atomic mass is 35.5. The molecule has 0 bridgehead atoms. The van der Waals surface area contributed by atoms with Gasteiger partial charge in [-0.25, -0.2) is 4.39 Å². The number of hydrogen-bond donors (Lipinski definition) is 2. The predicted molar refractivity (Wildman–Crippen MR) is 119 cm³/mol. The molecular weight excluding hydrogens is 476 g/mol. The monoisotopic (exact) mass is 496 g/mol. The van der Waals surface area contributed by atoms with E-state index in [0.29, 0.717) is 17.8 Å². The summed E-state index contributed by atoms with van der Waals surface area (Å²) in [6.07, 6.45) is -2.59. The number of anilines is 2. The molecule has 6 nitrogen and oxygen atoms in total. The highest BCUT2D eigenvalue weighted by Gasteiger charge is 2.34. The van der Waals surface area contributed by atoms with Crippen molar-refractivity contribution in [1.29, 1.82) is 0 Å². The molecule has 34 heavy (non-hydrogen) atoms. The Balaban J connectivity index is 1.51. The van der Waals surface area contributed by atoms with Gasteiger partial charge in [0, 0.05) is 18.7 Å². The van der Waals surface area contributed by atoms with Gasteiger partial charge in [-0.2, -0.15) is 5.10 Å². The lowest BCUT2D eigenvalue weighted by Gasteiger charge is -2.14. The smallest absolute Gasteiger partial charge is 0.406 e. The van der Waals surface area contributed by atoms with E-state index in [1.165, 1.54) is 28.9 Å². The average Bonchev–Trinajstić information content (AvgIpc) is 3.35. The van der Waals surface area contributed by atoms with Crippen LogP contribution in [-0.4, -0.2) is 22.1 Å². The van der Waals surface area contributed by atoms with E-state index in [1.807, 2.05) is 0 Å². The summed E-state index contributed by atoms with van der Waals surface area (Å²) in [6, 6.07) is 9.67. The number of hydrogen-bond acceptors (Lipinski definition) is 4. The highest BCUT2D eigenvalue weighted by molar-refractivity contribution is 6.31. The summed E-state index contributed by atoms with van der Waals surface area (Å²) in [4.78, 5) is 13.0. The van der Waals surface area contributed by atoms with E-state index in [1.54, 1.807) is 19.2 Å². The SMILES string of the molecule is Cn1nc(C2CCC(c3ccc(OC(F)(F)F)cc3)C2)c(C(=O)Nc2ccc(F)c(Cl)c2)c1N. The van der Waals surface area contributed by atoms with Crippen molar-refractivity contribution >= 4 is 29.0 Å². The maximum atomic E-state index is 13.4. The molecule has 2 aromatic carbocycles. The topological polar surface area (TPSA) is 82.2 Å². The van der Waals surface area contributed by atoms with E-state index in [2.05, 4.69) is 15.2 Å². The zero-order valence-electron chi connectivity index (χ0n) is 18.0. The van der Waals surface area contributed by atoms with Gasteiger partial charge in [-0.05, 0) is 61.1 Å². The van der Waals surface area contributed by atoms with Crippen molar-refractivity contribution in [3.05, 3.63) is 70.1 Å². The molecule has 0 spiro atoms. The molecule has 1 amide bonds. The van der Waals surface area contributed by atoms with Crippen molar-refractivity contribution in [1.82, 2.24) is 9.78 Å². The number of benzene rings is 2. The van der Waals surface area contributed by atoms with Crippen molar-refractivity contribution in [2.24, 2.45) is 7.05 Å². The van der Waals surface area contributed by atoms with E-state index in [-0.39, 0.29) is 34.0 Å². The maximum absolute atomic E-state index is 13.4. The lowest BCUT2D eigenvalue weighted by molar-refractivity contribution is -0.274. The first-order valence-electron chi connectivity index (χ1n) is 10.5. The minimum absolute atomic E-state index is 0.0721. The van der Waals surface area contributed by atoms with Crippen LogP contribution in [0.25, 0.3) is 0 Å². The first kappa shape index (κ1) is 23.9. The molecular formula is C23H21ClF4N4O2. The standard InChI is InChI=1S/C23H21ClF4N4O2/c1-32-21(29)19(22(33)30-15-6-9-18(25)17(24)11-15)20(31-32)14-3-2-13(10-14)12-4-7-16(8-5-12)34-23(26,27)28/h4-9,11,13-14H,2-3,10,29H2,1H3,(H,30,33). The Labute approximate surface area is 197 Å². The molecule has 3 aromatic rings. The molecule has 11 heteroatoms. The number of alkyl halides is 3. The molecule has 4 rings (SSSR count). The fraction of sp³-hybridized carbons (Fsp3) is 0.304. The Morgan fingerprint density at radius 2 is 1.85 bits per heavy atom. The molecule has 1 aromatic heterocycles. The minimum atomic E-state index is -4.74. The molecule has 1 heterocycles. The second-order valence-corrected chi connectivity index (χ2v) is 8.58. The molecule has 2 atom stereocenters. The third-order valence-corrected chi connectivity index (χ3v) is 6.22. The second-order valence-electron chi connectivity index (χ2n) is 8.18. The van der Waals surface area contributed by atoms with Crippen LogP contribution < -0.4 is 15.8 Å². The van der Waals surface area contributed by atoms with Gasteiger partial charge in [0.15, 0.2) is 0 Å². The number of halogens is 5. The number of aromatic nitrogens is 2. The van der Waals surface area contributed by atoms with Crippen LogP contribution in [0.15, 0.2) is 42.5 Å². The van der Waals surface area contributed by atoms with Gasteiger partial charge in [-0.1, -0.05) is 23.7 Å². The Morgan fingerprint density at radius 1 is 1.18 bits per heavy atom. The molecule has 0 radical (unpaired) electrons. The van der Waals surface area contributed by atoms with Crippen LogP contribution in [0.1, 0.15) is 52.7 Å². The van der Waals surface area contributed by atoms with Crippen LogP contribution in [0.5, 0.6) is 5.75 Å². The number of ether oxygens (including phenoxy) is 1. The van der Waals surface area contributed by atoms with Crippen molar-refractivity contribution in [2.45, 2.75) is 37.5 Å². The summed E-state index contributed by atoms with van der Waals surface area (Å²) in [7, 11) is 1.64. The van der Waals surface area contributed by atoms with Crippen molar-refractivity contribution in [3.63, 3.8) is 0 Å². The quantitative estimate of drug-likeness (QED) is 0.425. The zero-order valence-corrected chi connectivity index (χ0v) is 18.8. The number of amides is 1. The molecule has 1 fully saturated rings. The van der Waals surface area contributed by atoms with E-state index in [9.17, 15) is 22.4 Å². The number of carbonyl (C=O) groups excluding carboxylic acids is 1. The van der Waals surface area contributed by atoms with E-state index >= 15 is 0 Å². The molecule has 1 saturated carbocycles. The normalized spacial score (nSPS) is 18.2. The third kappa shape index (κ3) is 5.11. The van der Waals surface area contributed by atoms with Crippen LogP contribution in [0.4, 0.5) is 29.1 Å². The lowest BCUT2D eigenvalue weighted by Crippen LogP contribution is -2.17. The molecule has 180 valence electrons. The lowest BCUT2D eigenvalue weighted by atomic mass is 9.94. The van der Waals surface area contributed by atoms with Gasteiger partial charge in [0.1, 0.15) is 22.9 Å². The largest absolute Gasteiger partial charge is 0.573 e. The Hall–Kier alpha value is -3.27. The molecule has 2 unspecified atom stereocenters. The Bertz CT molecular complexity index is 1210. The highest BCUT2D eigenvalue weighted by Crippen LogP contribution is 2.45. The number of aryl methyl sites for hydroxylation is 1. The van der Waals surface area contributed by atoms with Gasteiger partial charge in [0.2, 0.25) is 0 Å². The molecule has 1 aliphatic carbocycles. The third-order valence-electron chi connectivity index (χ3n) is 5.93. The van der Waals surface area contributed by atoms with E-state index in [4.69, 9.17) is 17.3 Å². The number of carbonyl (C=O) groups is 1. The summed E-state index contributed by atoms with van der Waals surface area (Å²) in [5.41, 5.74) is 8.12. The van der Waals surface area contributed by atoms with Gasteiger partial charge in [-0.3, -0.25) is 9.48 Å². The molecule has 0 saturated heterocycles. The fourth-order valence-electron chi connectivity index (χ4n) is 4.32. The number of rotatable bonds is 5. The molecule has 1 aliphatic rings. The number of nitrogen functional groups attached to an aromatic ring is 1. The molecule has 0 aliphatic heterocycles. The number of nitrogens with one attached hydrogen (secondary N) is 1. The van der Waals surface area contributed by atoms with Crippen LogP contribution in [0, 0.1) is 5.82 Å². The summed E-state index contributed by atoms with van der Waals surface area (Å²) < 4.78 is 56.0. The van der Waals surface area contributed by atoms with Gasteiger partial charge < -0.3 is 15.8 Å². The van der Waals surface area contributed by atoms with E-state index < -0.39 is 18.1 Å². The minimum Gasteiger partial charge on any atom is -0.406 e. The van der Waals surface area contributed by atoms with Crippen LogP contribution in [-0.2, 0) is 7.05 Å². The summed E-state index contributed by atoms with van der Waals surface area (Å²) >= 11 is 5.80. The Kier molecular flexibility index (Phi) is 6.44. The van der Waals surface area contributed by atoms with Gasteiger partial charge >= 0.3 is 6.36 Å². The van der Waals surface area contributed by atoms with E-state index in [0.717, 1.165) is 24.5 Å². The van der Waals surface area contributed by atoms with Crippen molar-refractivity contribution < 1.29 is 27.1 Å². The second kappa shape index (κ2) is 9.17. The summed E-state index contributed by atoms with van der Waals surface area (Å²) in [5, 5.41) is 7.03. The zero-order chi connectivity index (χ0) is 24.6. The average molecular weight is 497 g/mol. The van der Waals surface area contributed by atoms with Crippen molar-refractivity contribution in [2.75, 3.05) is 11.1 Å². The Morgan fingerprint density at radius 3 is 2.50 bits per heavy atom. The van der Waals surface area contributed by atoms with Gasteiger partial charge in [0.05, 0.1) is 10.7 Å². The summed E-state index contributed by atoms with van der Waals surface area (Å²) in [6.45, 7) is 0. The predicted octanol–water partition coefficient (Wildman–Crippen LogP) is 6.00. The van der Waals surface area contributed by atoms with Gasteiger partial charge in [-0.15, -0.1) is 13.2 Å². The van der Waals surface area contributed by atoms with Crippen LogP contribution >= 0.6 is 11.6 Å². The fourth-order valence-corrected chi connectivity index (χ4v) is 4.50. The molecule has 3 N–H and O–H groups in total. The summed E-state index contributed by atoms with van der Waals surface area (Å²) in [5.74, 6) is -1.16. The van der Waals surface area contributed by atoms with Crippen LogP contribution in [0.3, 0.4) is 0 Å². The number of nitrogens with zero attached hydrogens (tertiary/aromatic N) is 2.